The highest BCUT2D eigenvalue weighted by molar-refractivity contribution is 6.31. The number of hydrogen-bond acceptors (Lipinski definition) is 3. The molecule has 0 N–H and O–H groups in total. The van der Waals surface area contributed by atoms with Crippen LogP contribution in [0.4, 0.5) is 13.2 Å². The number of halogens is 4. The maximum Gasteiger partial charge on any atom is 0.417 e. The van der Waals surface area contributed by atoms with Crippen molar-refractivity contribution in [3.63, 3.8) is 0 Å². The topological polar surface area (TPSA) is 45.4 Å². The maximum absolute atomic E-state index is 13.0. The minimum atomic E-state index is -4.52. The number of alkyl halides is 3. The van der Waals surface area contributed by atoms with Crippen LogP contribution in [0.2, 0.25) is 5.02 Å². The van der Waals surface area contributed by atoms with Gasteiger partial charge in [0.15, 0.2) is 5.75 Å². The van der Waals surface area contributed by atoms with Crippen molar-refractivity contribution in [2.75, 3.05) is 0 Å². The lowest BCUT2D eigenvalue weighted by atomic mass is 10.0. The van der Waals surface area contributed by atoms with E-state index in [2.05, 4.69) is 5.16 Å². The molecule has 0 saturated heterocycles. The first kappa shape index (κ1) is 16.8. The predicted molar refractivity (Wildman–Crippen MR) is 80.5 cm³/mol. The molecule has 2 rings (SSSR count). The van der Waals surface area contributed by atoms with E-state index in [-0.39, 0.29) is 16.3 Å². The first-order valence-corrected chi connectivity index (χ1v) is 6.78. The molecule has 23 heavy (non-hydrogen) atoms. The lowest BCUT2D eigenvalue weighted by molar-refractivity contribution is -0.137. The van der Waals surface area contributed by atoms with Gasteiger partial charge in [0.2, 0.25) is 0 Å². The molecular formula is C16H10ClF3N2O. The molecule has 0 spiro atoms. The summed E-state index contributed by atoms with van der Waals surface area (Å²) in [6.07, 6.45) is -4.52. The van der Waals surface area contributed by atoms with E-state index in [1.165, 1.54) is 43.3 Å². The molecule has 118 valence electrons. The minimum Gasteiger partial charge on any atom is -0.357 e. The molecule has 0 aliphatic heterocycles. The third-order valence-electron chi connectivity index (χ3n) is 2.95. The van der Waals surface area contributed by atoms with Crippen molar-refractivity contribution >= 4 is 17.3 Å². The highest BCUT2D eigenvalue weighted by atomic mass is 35.5. The second kappa shape index (κ2) is 6.71. The minimum absolute atomic E-state index is 0.0317. The van der Waals surface area contributed by atoms with Crippen LogP contribution in [-0.2, 0) is 6.18 Å². The van der Waals surface area contributed by atoms with E-state index in [9.17, 15) is 13.2 Å². The van der Waals surface area contributed by atoms with Crippen molar-refractivity contribution in [3.05, 3.63) is 64.2 Å². The summed E-state index contributed by atoms with van der Waals surface area (Å²) in [6, 6.07) is 11.2. The monoisotopic (exact) mass is 338 g/mol. The van der Waals surface area contributed by atoms with Gasteiger partial charge in [-0.1, -0.05) is 16.8 Å². The van der Waals surface area contributed by atoms with Gasteiger partial charge in [-0.2, -0.15) is 18.4 Å². The molecule has 0 atom stereocenters. The van der Waals surface area contributed by atoms with Crippen LogP contribution in [0.1, 0.15) is 23.6 Å². The average Bonchev–Trinajstić information content (AvgIpc) is 2.51. The van der Waals surface area contributed by atoms with Crippen LogP contribution in [-0.4, -0.2) is 5.71 Å². The fraction of sp³-hybridized carbons (Fsp3) is 0.125. The van der Waals surface area contributed by atoms with Gasteiger partial charge in [0.25, 0.3) is 0 Å². The normalized spacial score (nSPS) is 11.9. The second-order valence-corrected chi connectivity index (χ2v) is 5.03. The Morgan fingerprint density at radius 1 is 1.17 bits per heavy atom. The smallest absolute Gasteiger partial charge is 0.357 e. The fourth-order valence-electron chi connectivity index (χ4n) is 1.82. The molecule has 0 bridgehead atoms. The van der Waals surface area contributed by atoms with Crippen LogP contribution in [0.5, 0.6) is 5.75 Å². The Hall–Kier alpha value is -2.52. The van der Waals surface area contributed by atoms with E-state index in [1.807, 2.05) is 6.07 Å². The molecular weight excluding hydrogens is 329 g/mol. The Morgan fingerprint density at radius 2 is 1.83 bits per heavy atom. The Bertz CT molecular complexity index is 777. The van der Waals surface area contributed by atoms with E-state index >= 15 is 0 Å². The molecule has 0 aromatic heterocycles. The highest BCUT2D eigenvalue weighted by Gasteiger charge is 2.34. The van der Waals surface area contributed by atoms with Crippen LogP contribution in [0.25, 0.3) is 0 Å². The molecule has 0 amide bonds. The summed E-state index contributed by atoms with van der Waals surface area (Å²) < 4.78 is 39.1. The van der Waals surface area contributed by atoms with Gasteiger partial charge in [0.05, 0.1) is 22.9 Å². The van der Waals surface area contributed by atoms with Gasteiger partial charge in [-0.05, 0) is 49.4 Å². The predicted octanol–water partition coefficient (Wildman–Crippen LogP) is 5.03. The third kappa shape index (κ3) is 4.24. The summed E-state index contributed by atoms with van der Waals surface area (Å²) in [5.74, 6) is 0.305. The highest BCUT2D eigenvalue weighted by Crippen LogP contribution is 2.33. The van der Waals surface area contributed by atoms with Crippen molar-refractivity contribution in [1.29, 1.82) is 5.26 Å². The maximum atomic E-state index is 13.0. The van der Waals surface area contributed by atoms with E-state index in [0.717, 1.165) is 6.07 Å². The van der Waals surface area contributed by atoms with Crippen LogP contribution in [0, 0.1) is 11.3 Å². The summed E-state index contributed by atoms with van der Waals surface area (Å²) in [5.41, 5.74) is -0.526. The summed E-state index contributed by atoms with van der Waals surface area (Å²) >= 11 is 5.77. The first-order valence-electron chi connectivity index (χ1n) is 6.40. The zero-order valence-electron chi connectivity index (χ0n) is 11.9. The zero-order valence-corrected chi connectivity index (χ0v) is 12.6. The number of oxime groups is 1. The van der Waals surface area contributed by atoms with Gasteiger partial charge in [0, 0.05) is 10.6 Å². The fourth-order valence-corrected chi connectivity index (χ4v) is 2.00. The molecule has 0 radical (unpaired) electrons. The molecule has 7 heteroatoms. The second-order valence-electron chi connectivity index (χ2n) is 4.59. The Morgan fingerprint density at radius 3 is 2.39 bits per heavy atom. The molecule has 0 aliphatic carbocycles. The number of hydrogen-bond donors (Lipinski definition) is 0. The molecule has 3 nitrogen and oxygen atoms in total. The number of rotatable bonds is 3. The summed E-state index contributed by atoms with van der Waals surface area (Å²) in [4.78, 5) is 5.10. The van der Waals surface area contributed by atoms with Gasteiger partial charge in [0.1, 0.15) is 0 Å². The Labute approximate surface area is 135 Å². The summed E-state index contributed by atoms with van der Waals surface area (Å²) in [7, 11) is 0. The van der Waals surface area contributed by atoms with E-state index in [0.29, 0.717) is 11.3 Å². The molecule has 0 fully saturated rings. The van der Waals surface area contributed by atoms with Crippen molar-refractivity contribution in [2.45, 2.75) is 13.1 Å². The van der Waals surface area contributed by atoms with Gasteiger partial charge in [-0.25, -0.2) is 0 Å². The molecule has 0 aliphatic rings. The van der Waals surface area contributed by atoms with E-state index in [1.54, 1.807) is 0 Å². The molecule has 0 heterocycles. The molecule has 0 unspecified atom stereocenters. The van der Waals surface area contributed by atoms with Crippen LogP contribution < -0.4 is 4.84 Å². The SMILES string of the molecule is C/C(=N\Oc1ccc(C#N)cc1)c1cc(Cl)ccc1C(F)(F)F. The molecule has 0 saturated carbocycles. The number of nitrogens with zero attached hydrogens (tertiary/aromatic N) is 2. The van der Waals surface area contributed by atoms with Crippen LogP contribution >= 0.6 is 11.6 Å². The third-order valence-corrected chi connectivity index (χ3v) is 3.18. The largest absolute Gasteiger partial charge is 0.417 e. The van der Waals surface area contributed by atoms with Gasteiger partial charge < -0.3 is 4.84 Å². The van der Waals surface area contributed by atoms with Crippen molar-refractivity contribution in [2.24, 2.45) is 5.16 Å². The van der Waals surface area contributed by atoms with Crippen molar-refractivity contribution in [3.8, 4) is 11.8 Å². The van der Waals surface area contributed by atoms with Gasteiger partial charge in [-0.15, -0.1) is 0 Å². The summed E-state index contributed by atoms with van der Waals surface area (Å²) in [6.45, 7) is 1.39. The van der Waals surface area contributed by atoms with Crippen LogP contribution in [0.3, 0.4) is 0 Å². The first-order chi connectivity index (χ1) is 10.8. The van der Waals surface area contributed by atoms with Crippen LogP contribution in [0.15, 0.2) is 47.6 Å². The molecule has 2 aromatic rings. The lowest BCUT2D eigenvalue weighted by Crippen LogP contribution is -2.12. The Kier molecular flexibility index (Phi) is 4.92. The summed E-state index contributed by atoms with van der Waals surface area (Å²) in [5, 5.41) is 12.6. The van der Waals surface area contributed by atoms with Crippen molar-refractivity contribution in [1.82, 2.24) is 0 Å². The zero-order chi connectivity index (χ0) is 17.0. The standard InChI is InChI=1S/C16H10ClF3N2O/c1-10(22-23-13-5-2-11(9-21)3-6-13)14-8-12(17)4-7-15(14)16(18,19)20/h2-8H,1H3/b22-10+. The quantitative estimate of drug-likeness (QED) is 0.581. The number of benzene rings is 2. The average molecular weight is 339 g/mol. The van der Waals surface area contributed by atoms with E-state index < -0.39 is 11.7 Å². The van der Waals surface area contributed by atoms with Gasteiger partial charge >= 0.3 is 6.18 Å². The van der Waals surface area contributed by atoms with Gasteiger partial charge in [-0.3, -0.25) is 0 Å². The lowest BCUT2D eigenvalue weighted by Gasteiger charge is -2.12. The molecule has 2 aromatic carbocycles. The van der Waals surface area contributed by atoms with E-state index in [4.69, 9.17) is 21.7 Å². The van der Waals surface area contributed by atoms with Crippen molar-refractivity contribution < 1.29 is 18.0 Å². The number of nitriles is 1. The Balaban J connectivity index is 2.30.